The topological polar surface area (TPSA) is 182 Å². The Hall–Kier alpha value is -3.18. The average Bonchev–Trinajstić information content (AvgIpc) is 3.22. The van der Waals surface area contributed by atoms with E-state index in [4.69, 9.17) is 15.9 Å². The minimum absolute atomic E-state index is 0.103. The van der Waals surface area contributed by atoms with E-state index >= 15 is 0 Å². The number of rotatable bonds is 9. The van der Waals surface area contributed by atoms with Crippen LogP contribution in [0, 0.1) is 0 Å². The minimum atomic E-state index is -1.48. The van der Waals surface area contributed by atoms with Gasteiger partial charge in [0.1, 0.15) is 23.9 Å². The van der Waals surface area contributed by atoms with Crippen LogP contribution in [-0.4, -0.2) is 81.2 Å². The van der Waals surface area contributed by atoms with Gasteiger partial charge in [-0.2, -0.15) is 0 Å². The molecular weight excluding hydrogens is 408 g/mol. The molecule has 11 nitrogen and oxygen atoms in total. The maximum Gasteiger partial charge on any atom is 0.328 e. The number of carboxylic acid groups (broad SMARTS) is 1. The SMILES string of the molecule is CC(NC(=O)C1CCCN1C(=O)C(N)Cc1ccc(O)cc1)C(=O)NC(CO)C(=O)O. The average molecular weight is 436 g/mol. The van der Waals surface area contributed by atoms with Gasteiger partial charge in [0.15, 0.2) is 0 Å². The molecule has 0 aliphatic carbocycles. The molecule has 4 unspecified atom stereocenters. The molecule has 11 heteroatoms. The Morgan fingerprint density at radius 1 is 1.19 bits per heavy atom. The summed E-state index contributed by atoms with van der Waals surface area (Å²) in [7, 11) is 0. The first-order valence-corrected chi connectivity index (χ1v) is 9.92. The van der Waals surface area contributed by atoms with E-state index in [1.165, 1.54) is 24.0 Å². The Morgan fingerprint density at radius 3 is 2.42 bits per heavy atom. The molecule has 0 aromatic heterocycles. The highest BCUT2D eigenvalue weighted by Crippen LogP contribution is 2.20. The summed E-state index contributed by atoms with van der Waals surface area (Å²) in [6.45, 7) is 0.944. The summed E-state index contributed by atoms with van der Waals surface area (Å²) in [6, 6.07) is 2.11. The van der Waals surface area contributed by atoms with E-state index in [0.717, 1.165) is 5.56 Å². The van der Waals surface area contributed by atoms with Crippen LogP contribution in [-0.2, 0) is 25.6 Å². The molecule has 1 aromatic rings. The quantitative estimate of drug-likeness (QED) is 0.265. The van der Waals surface area contributed by atoms with Crippen LogP contribution in [0.3, 0.4) is 0 Å². The molecule has 1 aliphatic rings. The molecule has 1 heterocycles. The number of nitrogens with zero attached hydrogens (tertiary/aromatic N) is 1. The van der Waals surface area contributed by atoms with Crippen molar-refractivity contribution in [2.75, 3.05) is 13.2 Å². The number of likely N-dealkylation sites (tertiary alicyclic amines) is 1. The number of phenolic OH excluding ortho intramolecular Hbond substituents is 1. The first-order valence-electron chi connectivity index (χ1n) is 9.92. The fraction of sp³-hybridized carbons (Fsp3) is 0.500. The summed E-state index contributed by atoms with van der Waals surface area (Å²) < 4.78 is 0. The number of amides is 3. The van der Waals surface area contributed by atoms with Crippen LogP contribution in [0.15, 0.2) is 24.3 Å². The molecule has 0 saturated carbocycles. The Bertz CT molecular complexity index is 814. The second-order valence-corrected chi connectivity index (χ2v) is 7.48. The Labute approximate surface area is 179 Å². The van der Waals surface area contributed by atoms with E-state index in [0.29, 0.717) is 19.4 Å². The van der Waals surface area contributed by atoms with Gasteiger partial charge in [-0.3, -0.25) is 14.4 Å². The minimum Gasteiger partial charge on any atom is -0.508 e. The van der Waals surface area contributed by atoms with E-state index in [1.807, 2.05) is 0 Å². The number of aliphatic hydroxyl groups is 1. The Morgan fingerprint density at radius 2 is 1.84 bits per heavy atom. The van der Waals surface area contributed by atoms with E-state index in [2.05, 4.69) is 10.6 Å². The second-order valence-electron chi connectivity index (χ2n) is 7.48. The number of aromatic hydroxyl groups is 1. The second kappa shape index (κ2) is 10.7. The fourth-order valence-electron chi connectivity index (χ4n) is 3.35. The number of hydrogen-bond donors (Lipinski definition) is 6. The van der Waals surface area contributed by atoms with Crippen LogP contribution in [0.5, 0.6) is 5.75 Å². The third-order valence-corrected chi connectivity index (χ3v) is 5.10. The van der Waals surface area contributed by atoms with Gasteiger partial charge in [-0.1, -0.05) is 12.1 Å². The van der Waals surface area contributed by atoms with Crippen molar-refractivity contribution in [3.8, 4) is 5.75 Å². The standard InChI is InChI=1S/C20H28N4O7/c1-11(17(27)23-15(10-25)20(30)31)22-18(28)16-3-2-8-24(16)19(29)14(21)9-12-4-6-13(26)7-5-12/h4-7,11,14-16,25-26H,2-3,8-10,21H2,1H3,(H,22,28)(H,23,27)(H,30,31). The van der Waals surface area contributed by atoms with Crippen LogP contribution < -0.4 is 16.4 Å². The van der Waals surface area contributed by atoms with Gasteiger partial charge in [-0.15, -0.1) is 0 Å². The van der Waals surface area contributed by atoms with Gasteiger partial charge in [0.2, 0.25) is 17.7 Å². The largest absolute Gasteiger partial charge is 0.508 e. The summed E-state index contributed by atoms with van der Waals surface area (Å²) in [5.41, 5.74) is 6.81. The highest BCUT2D eigenvalue weighted by atomic mass is 16.4. The summed E-state index contributed by atoms with van der Waals surface area (Å²) in [4.78, 5) is 49.9. The molecule has 4 atom stereocenters. The van der Waals surface area contributed by atoms with Gasteiger partial charge in [-0.25, -0.2) is 4.79 Å². The number of phenols is 1. The molecule has 7 N–H and O–H groups in total. The van der Waals surface area contributed by atoms with Crippen molar-refractivity contribution in [2.24, 2.45) is 5.73 Å². The van der Waals surface area contributed by atoms with Gasteiger partial charge in [0.25, 0.3) is 0 Å². The summed E-state index contributed by atoms with van der Waals surface area (Å²) in [5, 5.41) is 31.8. The number of hydrogen-bond acceptors (Lipinski definition) is 7. The number of carbonyl (C=O) groups excluding carboxylic acids is 3. The molecule has 3 amide bonds. The van der Waals surface area contributed by atoms with Gasteiger partial charge >= 0.3 is 5.97 Å². The van der Waals surface area contributed by atoms with Gasteiger partial charge in [0.05, 0.1) is 12.6 Å². The normalized spacial score (nSPS) is 18.7. The predicted octanol–water partition coefficient (Wildman–Crippen LogP) is -1.68. The highest BCUT2D eigenvalue weighted by Gasteiger charge is 2.37. The number of carboxylic acids is 1. The first-order chi connectivity index (χ1) is 14.6. The molecule has 0 radical (unpaired) electrons. The van der Waals surface area contributed by atoms with E-state index in [1.54, 1.807) is 12.1 Å². The van der Waals surface area contributed by atoms with Crippen molar-refractivity contribution in [3.05, 3.63) is 29.8 Å². The molecular formula is C20H28N4O7. The van der Waals surface area contributed by atoms with E-state index in [9.17, 15) is 24.3 Å². The van der Waals surface area contributed by atoms with Crippen LogP contribution in [0.2, 0.25) is 0 Å². The molecule has 0 bridgehead atoms. The zero-order chi connectivity index (χ0) is 23.1. The summed E-state index contributed by atoms with van der Waals surface area (Å²) >= 11 is 0. The Kier molecular flexibility index (Phi) is 8.34. The van der Waals surface area contributed by atoms with Gasteiger partial charge < -0.3 is 36.6 Å². The lowest BCUT2D eigenvalue weighted by Crippen LogP contribution is -2.56. The third-order valence-electron chi connectivity index (χ3n) is 5.10. The van der Waals surface area contributed by atoms with Gasteiger partial charge in [0, 0.05) is 6.54 Å². The molecule has 0 spiro atoms. The fourth-order valence-corrected chi connectivity index (χ4v) is 3.35. The lowest BCUT2D eigenvalue weighted by molar-refractivity contribution is -0.143. The molecule has 1 aliphatic heterocycles. The third kappa shape index (κ3) is 6.40. The van der Waals surface area contributed by atoms with E-state index in [-0.39, 0.29) is 12.2 Å². The van der Waals surface area contributed by atoms with Crippen LogP contribution in [0.4, 0.5) is 0 Å². The first kappa shape index (κ1) is 24.1. The Balaban J connectivity index is 1.95. The zero-order valence-corrected chi connectivity index (χ0v) is 17.2. The molecule has 1 fully saturated rings. The van der Waals surface area contributed by atoms with Crippen LogP contribution in [0.25, 0.3) is 0 Å². The van der Waals surface area contributed by atoms with Crippen LogP contribution >= 0.6 is 0 Å². The molecule has 170 valence electrons. The number of aliphatic hydroxyl groups excluding tert-OH is 1. The maximum absolute atomic E-state index is 12.8. The van der Waals surface area contributed by atoms with Crippen LogP contribution in [0.1, 0.15) is 25.3 Å². The summed E-state index contributed by atoms with van der Waals surface area (Å²) in [6.07, 6.45) is 1.24. The van der Waals surface area contributed by atoms with Crippen molar-refractivity contribution < 1.29 is 34.5 Å². The number of nitrogens with one attached hydrogen (secondary N) is 2. The van der Waals surface area contributed by atoms with Crippen molar-refractivity contribution in [1.29, 1.82) is 0 Å². The number of nitrogens with two attached hydrogens (primary N) is 1. The monoisotopic (exact) mass is 436 g/mol. The lowest BCUT2D eigenvalue weighted by Gasteiger charge is -2.28. The highest BCUT2D eigenvalue weighted by molar-refractivity contribution is 5.94. The molecule has 2 rings (SSSR count). The number of benzene rings is 1. The molecule has 31 heavy (non-hydrogen) atoms. The van der Waals surface area contributed by atoms with E-state index < -0.39 is 54.5 Å². The molecule has 1 aromatic carbocycles. The zero-order valence-electron chi connectivity index (χ0n) is 17.2. The van der Waals surface area contributed by atoms with Gasteiger partial charge in [-0.05, 0) is 43.9 Å². The lowest BCUT2D eigenvalue weighted by atomic mass is 10.0. The maximum atomic E-state index is 12.8. The summed E-state index contributed by atoms with van der Waals surface area (Å²) in [5.74, 6) is -3.00. The van der Waals surface area contributed by atoms with Crippen molar-refractivity contribution in [1.82, 2.24) is 15.5 Å². The van der Waals surface area contributed by atoms with Crippen molar-refractivity contribution in [2.45, 2.75) is 50.4 Å². The number of aliphatic carboxylic acids is 1. The number of carbonyl (C=O) groups is 4. The molecule has 1 saturated heterocycles. The predicted molar refractivity (Wildman–Crippen MR) is 109 cm³/mol. The van der Waals surface area contributed by atoms with Crippen molar-refractivity contribution >= 4 is 23.7 Å². The smallest absolute Gasteiger partial charge is 0.328 e. The van der Waals surface area contributed by atoms with Crippen molar-refractivity contribution in [3.63, 3.8) is 0 Å².